The molecule has 0 saturated carbocycles. The third-order valence-electron chi connectivity index (χ3n) is 4.49. The monoisotopic (exact) mass is 264 g/mol. The van der Waals surface area contributed by atoms with Crippen molar-refractivity contribution in [3.63, 3.8) is 0 Å². The summed E-state index contributed by atoms with van der Waals surface area (Å²) in [6.07, 6.45) is 1.34. The van der Waals surface area contributed by atoms with Gasteiger partial charge in [-0.3, -0.25) is 20.0 Å². The maximum atomic E-state index is 12.5. The Balaban J connectivity index is 2.10. The lowest BCUT2D eigenvalue weighted by Gasteiger charge is -2.40. The summed E-state index contributed by atoms with van der Waals surface area (Å²) in [6.45, 7) is 6.09. The van der Waals surface area contributed by atoms with Crippen molar-refractivity contribution in [2.75, 3.05) is 0 Å². The topological polar surface area (TPSA) is 87.5 Å². The highest BCUT2D eigenvalue weighted by Crippen LogP contribution is 2.52. The number of Topliss-reactive ketones (excluding diaryl/α,β-unsaturated/α-hetero) is 1. The number of nitrogens with zero attached hydrogens (tertiary/aromatic N) is 1. The molecule has 4 N–H and O–H groups in total. The Bertz CT molecular complexity index is 511. The Labute approximate surface area is 112 Å². The lowest BCUT2D eigenvalue weighted by Crippen LogP contribution is -2.63. The number of carbonyl (C=O) groups is 2. The summed E-state index contributed by atoms with van der Waals surface area (Å²) in [5.41, 5.74) is 6.57. The summed E-state index contributed by atoms with van der Waals surface area (Å²) in [5, 5.41) is 1.63. The standard InChI is InChI=1S/C13H20N4O2/c1-12(2)4-7-10(8(18)5-12)13(3)6-9(19)15-16-11(13)17(7)14/h11,16H,4-6,14H2,1-3H3,(H,15,19)/t11-,13+/m1/s1. The average Bonchev–Trinajstić information content (AvgIpc) is 2.45. The van der Waals surface area contributed by atoms with Gasteiger partial charge >= 0.3 is 0 Å². The predicted octanol–water partition coefficient (Wildman–Crippen LogP) is 0.176. The maximum absolute atomic E-state index is 12.5. The number of hydrazine groups is 2. The molecule has 6 nitrogen and oxygen atoms in total. The Morgan fingerprint density at radius 1 is 1.21 bits per heavy atom. The highest BCUT2D eigenvalue weighted by Gasteiger charge is 2.56. The second-order valence-corrected chi connectivity index (χ2v) is 6.86. The van der Waals surface area contributed by atoms with Gasteiger partial charge in [-0.05, 0) is 11.8 Å². The number of ketones is 1. The van der Waals surface area contributed by atoms with Crippen molar-refractivity contribution in [1.82, 2.24) is 15.9 Å². The highest BCUT2D eigenvalue weighted by molar-refractivity contribution is 6.00. The van der Waals surface area contributed by atoms with Crippen molar-refractivity contribution in [3.8, 4) is 0 Å². The molecule has 0 spiro atoms. The zero-order valence-electron chi connectivity index (χ0n) is 11.5. The largest absolute Gasteiger partial charge is 0.295 e. The number of hydrogen-bond donors (Lipinski definition) is 3. The van der Waals surface area contributed by atoms with E-state index < -0.39 is 5.41 Å². The second kappa shape index (κ2) is 3.58. The predicted molar refractivity (Wildman–Crippen MR) is 68.9 cm³/mol. The first-order chi connectivity index (χ1) is 8.74. The van der Waals surface area contributed by atoms with Gasteiger partial charge in [-0.15, -0.1) is 0 Å². The van der Waals surface area contributed by atoms with Crippen molar-refractivity contribution in [2.24, 2.45) is 16.7 Å². The fraction of sp³-hybridized carbons (Fsp3) is 0.692. The van der Waals surface area contributed by atoms with Crippen LogP contribution in [0.5, 0.6) is 0 Å². The summed E-state index contributed by atoms with van der Waals surface area (Å²) in [7, 11) is 0. The van der Waals surface area contributed by atoms with E-state index in [0.717, 1.165) is 17.7 Å². The number of nitrogens with two attached hydrogens (primary N) is 1. The SMILES string of the molecule is CC1(C)CC(=O)C2=C(C1)N(N)[C@H]1NNC(=O)C[C@@]21C. The number of nitrogens with one attached hydrogen (secondary N) is 2. The molecule has 2 heterocycles. The molecule has 0 aromatic heterocycles. The molecule has 6 heteroatoms. The van der Waals surface area contributed by atoms with Gasteiger partial charge in [0.15, 0.2) is 5.78 Å². The molecule has 1 amide bonds. The zero-order valence-corrected chi connectivity index (χ0v) is 11.5. The molecule has 1 aliphatic carbocycles. The maximum Gasteiger partial charge on any atom is 0.235 e. The van der Waals surface area contributed by atoms with Gasteiger partial charge < -0.3 is 0 Å². The molecule has 3 aliphatic rings. The Hall–Kier alpha value is -1.40. The van der Waals surface area contributed by atoms with E-state index in [9.17, 15) is 9.59 Å². The van der Waals surface area contributed by atoms with Gasteiger partial charge in [-0.1, -0.05) is 20.8 Å². The normalized spacial score (nSPS) is 37.1. The van der Waals surface area contributed by atoms with Crippen LogP contribution in [-0.2, 0) is 9.59 Å². The van der Waals surface area contributed by atoms with E-state index in [1.807, 2.05) is 6.92 Å². The van der Waals surface area contributed by atoms with Gasteiger partial charge in [-0.2, -0.15) is 0 Å². The minimum absolute atomic E-state index is 0.0746. The Morgan fingerprint density at radius 3 is 2.58 bits per heavy atom. The van der Waals surface area contributed by atoms with E-state index in [-0.39, 0.29) is 23.3 Å². The van der Waals surface area contributed by atoms with Gasteiger partial charge in [-0.25, -0.2) is 11.3 Å². The van der Waals surface area contributed by atoms with E-state index in [2.05, 4.69) is 24.7 Å². The number of hydrogen-bond acceptors (Lipinski definition) is 5. The van der Waals surface area contributed by atoms with Crippen LogP contribution in [0.25, 0.3) is 0 Å². The molecule has 0 aromatic carbocycles. The van der Waals surface area contributed by atoms with Crippen LogP contribution in [-0.4, -0.2) is 22.9 Å². The van der Waals surface area contributed by atoms with E-state index in [1.54, 1.807) is 5.01 Å². The minimum Gasteiger partial charge on any atom is -0.295 e. The molecule has 0 radical (unpaired) electrons. The van der Waals surface area contributed by atoms with Gasteiger partial charge in [0, 0.05) is 29.5 Å². The fourth-order valence-corrected chi connectivity index (χ4v) is 3.70. The molecule has 104 valence electrons. The Morgan fingerprint density at radius 2 is 1.89 bits per heavy atom. The lowest BCUT2D eigenvalue weighted by molar-refractivity contribution is -0.129. The van der Waals surface area contributed by atoms with Crippen LogP contribution in [0, 0.1) is 10.8 Å². The van der Waals surface area contributed by atoms with Gasteiger partial charge in [0.2, 0.25) is 5.91 Å². The van der Waals surface area contributed by atoms with E-state index in [4.69, 9.17) is 5.84 Å². The fourth-order valence-electron chi connectivity index (χ4n) is 3.70. The average molecular weight is 264 g/mol. The van der Waals surface area contributed by atoms with Crippen LogP contribution < -0.4 is 16.7 Å². The van der Waals surface area contributed by atoms with Crippen molar-refractivity contribution < 1.29 is 9.59 Å². The van der Waals surface area contributed by atoms with Crippen molar-refractivity contribution in [3.05, 3.63) is 11.3 Å². The summed E-state index contributed by atoms with van der Waals surface area (Å²) in [6, 6.07) is 0. The van der Waals surface area contributed by atoms with Crippen LogP contribution in [0.1, 0.15) is 40.0 Å². The first kappa shape index (κ1) is 12.6. The first-order valence-electron chi connectivity index (χ1n) is 6.60. The molecular formula is C13H20N4O2. The molecule has 2 aliphatic heterocycles. The van der Waals surface area contributed by atoms with Crippen molar-refractivity contribution in [2.45, 2.75) is 46.2 Å². The number of carbonyl (C=O) groups excluding carboxylic acids is 2. The molecular weight excluding hydrogens is 244 g/mol. The van der Waals surface area contributed by atoms with Crippen molar-refractivity contribution in [1.29, 1.82) is 0 Å². The van der Waals surface area contributed by atoms with E-state index >= 15 is 0 Å². The molecule has 3 rings (SSSR count). The van der Waals surface area contributed by atoms with Crippen LogP contribution in [0.3, 0.4) is 0 Å². The number of fused-ring (bicyclic) bond motifs is 2. The summed E-state index contributed by atoms with van der Waals surface area (Å²) >= 11 is 0. The number of amides is 1. The molecule has 2 atom stereocenters. The molecule has 1 fully saturated rings. The van der Waals surface area contributed by atoms with Crippen LogP contribution in [0.4, 0.5) is 0 Å². The van der Waals surface area contributed by atoms with Gasteiger partial charge in [0.05, 0.1) is 0 Å². The smallest absolute Gasteiger partial charge is 0.235 e. The lowest BCUT2D eigenvalue weighted by atomic mass is 9.68. The molecule has 0 aromatic rings. The van der Waals surface area contributed by atoms with E-state index in [1.165, 1.54) is 0 Å². The number of allylic oxidation sites excluding steroid dienone is 1. The minimum atomic E-state index is -0.528. The molecule has 1 saturated heterocycles. The van der Waals surface area contributed by atoms with Crippen LogP contribution in [0.15, 0.2) is 11.3 Å². The van der Waals surface area contributed by atoms with Crippen LogP contribution in [0.2, 0.25) is 0 Å². The molecule has 0 bridgehead atoms. The summed E-state index contributed by atoms with van der Waals surface area (Å²) < 4.78 is 0. The quantitative estimate of drug-likeness (QED) is 0.543. The summed E-state index contributed by atoms with van der Waals surface area (Å²) in [5.74, 6) is 6.20. The highest BCUT2D eigenvalue weighted by atomic mass is 16.2. The van der Waals surface area contributed by atoms with Crippen LogP contribution >= 0.6 is 0 Å². The third-order valence-corrected chi connectivity index (χ3v) is 4.49. The first-order valence-corrected chi connectivity index (χ1v) is 6.60. The van der Waals surface area contributed by atoms with Gasteiger partial charge in [0.1, 0.15) is 6.17 Å². The number of rotatable bonds is 0. The third kappa shape index (κ3) is 1.63. The summed E-state index contributed by atoms with van der Waals surface area (Å²) in [4.78, 5) is 24.2. The Kier molecular flexibility index (Phi) is 2.38. The molecule has 0 unspecified atom stereocenters. The zero-order chi connectivity index (χ0) is 14.0. The van der Waals surface area contributed by atoms with Gasteiger partial charge in [0.25, 0.3) is 0 Å². The van der Waals surface area contributed by atoms with E-state index in [0.29, 0.717) is 12.8 Å². The molecule has 19 heavy (non-hydrogen) atoms. The second-order valence-electron chi connectivity index (χ2n) is 6.86. The van der Waals surface area contributed by atoms with Crippen molar-refractivity contribution >= 4 is 11.7 Å².